The van der Waals surface area contributed by atoms with Crippen molar-refractivity contribution in [1.82, 2.24) is 9.62 Å². The summed E-state index contributed by atoms with van der Waals surface area (Å²) in [7, 11) is -1.97. The van der Waals surface area contributed by atoms with E-state index in [1.807, 2.05) is 0 Å². The number of methoxy groups -OCH3 is 1. The van der Waals surface area contributed by atoms with Crippen molar-refractivity contribution in [3.63, 3.8) is 0 Å². The molecule has 0 unspecified atom stereocenters. The Morgan fingerprint density at radius 3 is 2.40 bits per heavy atom. The van der Waals surface area contributed by atoms with Crippen molar-refractivity contribution in [3.8, 4) is 5.75 Å². The van der Waals surface area contributed by atoms with E-state index in [1.165, 1.54) is 30.0 Å². The number of nitrogens with zero attached hydrogens (tertiary/aromatic N) is 1. The Morgan fingerprint density at radius 1 is 1.00 bits per heavy atom. The smallest absolute Gasteiger partial charge is 0.243 e. The Balaban J connectivity index is 1.16. The van der Waals surface area contributed by atoms with E-state index in [0.717, 1.165) is 24.2 Å². The van der Waals surface area contributed by atoms with E-state index in [9.17, 15) is 13.2 Å². The second kappa shape index (κ2) is 7.83. The van der Waals surface area contributed by atoms with Gasteiger partial charge in [-0.3, -0.25) is 4.79 Å². The van der Waals surface area contributed by atoms with Gasteiger partial charge in [0.1, 0.15) is 5.75 Å². The highest BCUT2D eigenvalue weighted by Crippen LogP contribution is 2.58. The SMILES string of the molecule is COc1ccc(S(=O)(=O)N2CCC(C(=O)N[C@@H]3C[C@H]4C[C@H]3[C@H]3CCC[C@H]43)CC2)cc1. The van der Waals surface area contributed by atoms with Gasteiger partial charge in [0.2, 0.25) is 15.9 Å². The number of ether oxygens (including phenoxy) is 1. The summed E-state index contributed by atoms with van der Waals surface area (Å²) in [5, 5.41) is 3.37. The van der Waals surface area contributed by atoms with E-state index in [1.54, 1.807) is 31.4 Å². The van der Waals surface area contributed by atoms with Crippen molar-refractivity contribution < 1.29 is 17.9 Å². The topological polar surface area (TPSA) is 75.7 Å². The third kappa shape index (κ3) is 3.44. The first kappa shape index (κ1) is 20.3. The fraction of sp³-hybridized carbons (Fsp3) is 0.696. The minimum absolute atomic E-state index is 0.0779. The van der Waals surface area contributed by atoms with Gasteiger partial charge < -0.3 is 10.1 Å². The van der Waals surface area contributed by atoms with Gasteiger partial charge in [0, 0.05) is 25.0 Å². The molecule has 30 heavy (non-hydrogen) atoms. The van der Waals surface area contributed by atoms with Crippen LogP contribution in [0.5, 0.6) is 5.75 Å². The summed E-state index contributed by atoms with van der Waals surface area (Å²) in [4.78, 5) is 13.2. The van der Waals surface area contributed by atoms with Crippen LogP contribution in [0.4, 0.5) is 0 Å². The van der Waals surface area contributed by atoms with Crippen molar-refractivity contribution in [2.45, 2.75) is 55.9 Å². The Bertz CT molecular complexity index is 892. The zero-order valence-electron chi connectivity index (χ0n) is 17.6. The number of piperidine rings is 1. The van der Waals surface area contributed by atoms with Crippen molar-refractivity contribution >= 4 is 15.9 Å². The number of sulfonamides is 1. The zero-order chi connectivity index (χ0) is 20.9. The first-order chi connectivity index (χ1) is 14.5. The highest BCUT2D eigenvalue weighted by molar-refractivity contribution is 7.89. The molecule has 0 aromatic heterocycles. The molecule has 1 amide bonds. The third-order valence-electron chi connectivity index (χ3n) is 8.28. The van der Waals surface area contributed by atoms with E-state index in [0.29, 0.717) is 43.6 Å². The van der Waals surface area contributed by atoms with Crippen LogP contribution in [-0.2, 0) is 14.8 Å². The summed E-state index contributed by atoms with van der Waals surface area (Å²) in [6.07, 6.45) is 7.75. The van der Waals surface area contributed by atoms with Gasteiger partial charge in [0.25, 0.3) is 0 Å². The lowest BCUT2D eigenvalue weighted by Gasteiger charge is -2.35. The van der Waals surface area contributed by atoms with Gasteiger partial charge >= 0.3 is 0 Å². The molecule has 1 aromatic carbocycles. The van der Waals surface area contributed by atoms with Crippen molar-refractivity contribution in [1.29, 1.82) is 0 Å². The number of hydrogen-bond donors (Lipinski definition) is 1. The summed E-state index contributed by atoms with van der Waals surface area (Å²) in [6, 6.07) is 6.84. The monoisotopic (exact) mass is 432 g/mol. The normalized spacial score (nSPS) is 34.1. The van der Waals surface area contributed by atoms with Crippen LogP contribution >= 0.6 is 0 Å². The first-order valence-corrected chi connectivity index (χ1v) is 12.9. The van der Waals surface area contributed by atoms with Crippen LogP contribution in [0.3, 0.4) is 0 Å². The van der Waals surface area contributed by atoms with Gasteiger partial charge in [-0.2, -0.15) is 4.31 Å². The fourth-order valence-electron chi connectivity index (χ4n) is 6.79. The highest BCUT2D eigenvalue weighted by Gasteiger charge is 2.54. The molecule has 3 aliphatic carbocycles. The molecule has 2 bridgehead atoms. The summed E-state index contributed by atoms with van der Waals surface area (Å²) in [6.45, 7) is 0.793. The molecule has 5 atom stereocenters. The molecule has 1 saturated heterocycles. The first-order valence-electron chi connectivity index (χ1n) is 11.4. The van der Waals surface area contributed by atoms with Crippen LogP contribution in [0.15, 0.2) is 29.2 Å². The van der Waals surface area contributed by atoms with Gasteiger partial charge in [0.15, 0.2) is 0 Å². The minimum atomic E-state index is -3.53. The van der Waals surface area contributed by atoms with Gasteiger partial charge in [-0.25, -0.2) is 8.42 Å². The van der Waals surface area contributed by atoms with Gasteiger partial charge in [-0.15, -0.1) is 0 Å². The molecule has 164 valence electrons. The van der Waals surface area contributed by atoms with Crippen LogP contribution in [0.1, 0.15) is 44.9 Å². The Labute approximate surface area is 179 Å². The number of benzene rings is 1. The number of fused-ring (bicyclic) bond motifs is 5. The lowest BCUT2D eigenvalue weighted by atomic mass is 9.79. The largest absolute Gasteiger partial charge is 0.497 e. The molecule has 5 rings (SSSR count). The fourth-order valence-corrected chi connectivity index (χ4v) is 8.26. The highest BCUT2D eigenvalue weighted by atomic mass is 32.2. The Morgan fingerprint density at radius 2 is 1.70 bits per heavy atom. The van der Waals surface area contributed by atoms with E-state index < -0.39 is 10.0 Å². The molecule has 6 nitrogen and oxygen atoms in total. The van der Waals surface area contributed by atoms with Crippen LogP contribution < -0.4 is 10.1 Å². The van der Waals surface area contributed by atoms with Crippen LogP contribution in [0.25, 0.3) is 0 Å². The summed E-state index contributed by atoms with van der Waals surface area (Å²) >= 11 is 0. The predicted molar refractivity (Wildman–Crippen MR) is 113 cm³/mol. The van der Waals surface area contributed by atoms with Gasteiger partial charge in [0.05, 0.1) is 12.0 Å². The van der Waals surface area contributed by atoms with Crippen LogP contribution in [0, 0.1) is 29.6 Å². The minimum Gasteiger partial charge on any atom is -0.497 e. The zero-order valence-corrected chi connectivity index (χ0v) is 18.4. The maximum Gasteiger partial charge on any atom is 0.243 e. The van der Waals surface area contributed by atoms with E-state index in [2.05, 4.69) is 5.32 Å². The van der Waals surface area contributed by atoms with Crippen molar-refractivity contribution in [2.75, 3.05) is 20.2 Å². The number of hydrogen-bond acceptors (Lipinski definition) is 4. The molecule has 1 aromatic rings. The van der Waals surface area contributed by atoms with Gasteiger partial charge in [-0.1, -0.05) is 6.42 Å². The molecule has 7 heteroatoms. The Hall–Kier alpha value is -1.60. The average molecular weight is 433 g/mol. The van der Waals surface area contributed by atoms with Gasteiger partial charge in [-0.05, 0) is 86.5 Å². The lowest BCUT2D eigenvalue weighted by molar-refractivity contribution is -0.127. The molecule has 3 saturated carbocycles. The summed E-state index contributed by atoms with van der Waals surface area (Å²) < 4.78 is 32.5. The number of nitrogens with one attached hydrogen (secondary N) is 1. The molecule has 1 N–H and O–H groups in total. The predicted octanol–water partition coefficient (Wildman–Crippen LogP) is 3.04. The van der Waals surface area contributed by atoms with Crippen LogP contribution in [0.2, 0.25) is 0 Å². The van der Waals surface area contributed by atoms with E-state index in [4.69, 9.17) is 4.74 Å². The third-order valence-corrected chi connectivity index (χ3v) is 10.2. The number of carbonyl (C=O) groups is 1. The number of amides is 1. The van der Waals surface area contributed by atoms with Crippen molar-refractivity contribution in [2.24, 2.45) is 29.6 Å². The summed E-state index contributed by atoms with van der Waals surface area (Å²) in [5.41, 5.74) is 0. The standard InChI is InChI=1S/C23H32N2O4S/c1-29-17-5-7-18(8-6-17)30(27,28)25-11-9-15(10-12-25)23(26)24-22-14-16-13-21(22)20-4-2-3-19(16)20/h5-8,15-16,19-22H,2-4,9-14H2,1H3,(H,24,26)/t16-,19-,20+,21+,22-/m1/s1. The van der Waals surface area contributed by atoms with E-state index >= 15 is 0 Å². The molecule has 0 spiro atoms. The lowest BCUT2D eigenvalue weighted by Crippen LogP contribution is -2.48. The summed E-state index contributed by atoms with van der Waals surface area (Å²) in [5.74, 6) is 3.97. The second-order valence-corrected chi connectivity index (χ2v) is 11.6. The Kier molecular flexibility index (Phi) is 5.30. The van der Waals surface area contributed by atoms with Crippen LogP contribution in [-0.4, -0.2) is 44.9 Å². The number of rotatable bonds is 5. The molecular weight excluding hydrogens is 400 g/mol. The van der Waals surface area contributed by atoms with Crippen molar-refractivity contribution in [3.05, 3.63) is 24.3 Å². The molecule has 4 fully saturated rings. The molecule has 0 radical (unpaired) electrons. The molecule has 4 aliphatic rings. The molecular formula is C23H32N2O4S. The van der Waals surface area contributed by atoms with E-state index in [-0.39, 0.29) is 16.7 Å². The average Bonchev–Trinajstić information content (AvgIpc) is 3.47. The second-order valence-electron chi connectivity index (χ2n) is 9.62. The quantitative estimate of drug-likeness (QED) is 0.776. The maximum atomic E-state index is 12.9. The number of carbonyl (C=O) groups excluding carboxylic acids is 1. The maximum absolute atomic E-state index is 12.9. The molecule has 1 heterocycles. The molecule has 1 aliphatic heterocycles.